The Labute approximate surface area is 155 Å². The Balaban J connectivity index is 1.43. The molecule has 1 heterocycles. The number of hydrogen-bond donors (Lipinski definition) is 1. The average Bonchev–Trinajstić information content (AvgIpc) is 2.68. The predicted molar refractivity (Wildman–Crippen MR) is 104 cm³/mol. The van der Waals surface area contributed by atoms with E-state index in [1.165, 1.54) is 17.5 Å². The Bertz CT molecular complexity index is 767. The maximum atomic E-state index is 12.4. The number of likely N-dealkylation sites (tertiary alicyclic amines) is 1. The molecule has 26 heavy (non-hydrogen) atoms. The van der Waals surface area contributed by atoms with Crippen molar-refractivity contribution in [1.82, 2.24) is 4.90 Å². The number of carbonyl (C=O) groups is 1. The third-order valence-corrected chi connectivity index (χ3v) is 5.13. The second-order valence-corrected chi connectivity index (χ2v) is 7.07. The van der Waals surface area contributed by atoms with Gasteiger partial charge in [-0.2, -0.15) is 5.26 Å². The SMILES string of the molecule is Cc1ccc(CCC2CCN(C(=O)Nc3ccc(C#N)cc3)CC2)cc1. The summed E-state index contributed by atoms with van der Waals surface area (Å²) in [5, 5.41) is 11.7. The number of anilines is 1. The van der Waals surface area contributed by atoms with E-state index in [1.807, 2.05) is 4.90 Å². The first-order chi connectivity index (χ1) is 12.6. The van der Waals surface area contributed by atoms with Crippen molar-refractivity contribution < 1.29 is 4.79 Å². The molecule has 0 radical (unpaired) electrons. The minimum Gasteiger partial charge on any atom is -0.325 e. The molecule has 0 unspecified atom stereocenters. The lowest BCUT2D eigenvalue weighted by molar-refractivity contribution is 0.180. The fraction of sp³-hybridized carbons (Fsp3) is 0.364. The van der Waals surface area contributed by atoms with E-state index >= 15 is 0 Å². The van der Waals surface area contributed by atoms with Crippen LogP contribution < -0.4 is 5.32 Å². The van der Waals surface area contributed by atoms with Crippen molar-refractivity contribution in [2.75, 3.05) is 18.4 Å². The third-order valence-electron chi connectivity index (χ3n) is 5.13. The summed E-state index contributed by atoms with van der Waals surface area (Å²) < 4.78 is 0. The number of piperidine rings is 1. The first-order valence-corrected chi connectivity index (χ1v) is 9.25. The Morgan fingerprint density at radius 2 is 1.77 bits per heavy atom. The van der Waals surface area contributed by atoms with Crippen molar-refractivity contribution in [2.24, 2.45) is 5.92 Å². The molecule has 2 amide bonds. The molecule has 0 atom stereocenters. The number of urea groups is 1. The Morgan fingerprint density at radius 3 is 2.38 bits per heavy atom. The number of aryl methyl sites for hydroxylation is 2. The summed E-state index contributed by atoms with van der Waals surface area (Å²) in [6.07, 6.45) is 4.43. The van der Waals surface area contributed by atoms with E-state index in [0.29, 0.717) is 11.5 Å². The van der Waals surface area contributed by atoms with Gasteiger partial charge in [0.2, 0.25) is 0 Å². The number of carbonyl (C=O) groups excluding carboxylic acids is 1. The zero-order chi connectivity index (χ0) is 18.4. The highest BCUT2D eigenvalue weighted by Crippen LogP contribution is 2.23. The van der Waals surface area contributed by atoms with Gasteiger partial charge in [0.1, 0.15) is 0 Å². The van der Waals surface area contributed by atoms with Gasteiger partial charge in [-0.25, -0.2) is 4.79 Å². The van der Waals surface area contributed by atoms with Crippen LogP contribution in [0.1, 0.15) is 36.0 Å². The van der Waals surface area contributed by atoms with Gasteiger partial charge in [-0.05, 0) is 68.4 Å². The predicted octanol–water partition coefficient (Wildman–Crippen LogP) is 4.74. The molecule has 2 aromatic carbocycles. The minimum absolute atomic E-state index is 0.0494. The van der Waals surface area contributed by atoms with Gasteiger partial charge in [-0.3, -0.25) is 0 Å². The third kappa shape index (κ3) is 4.86. The minimum atomic E-state index is -0.0494. The number of nitrogens with one attached hydrogen (secondary N) is 1. The van der Waals surface area contributed by atoms with Gasteiger partial charge in [0.25, 0.3) is 0 Å². The van der Waals surface area contributed by atoms with Gasteiger partial charge in [0.05, 0.1) is 11.6 Å². The van der Waals surface area contributed by atoms with Gasteiger partial charge < -0.3 is 10.2 Å². The molecule has 0 aliphatic carbocycles. The zero-order valence-electron chi connectivity index (χ0n) is 15.2. The van der Waals surface area contributed by atoms with Crippen LogP contribution in [0.3, 0.4) is 0 Å². The summed E-state index contributed by atoms with van der Waals surface area (Å²) in [5.41, 5.74) is 4.03. The maximum Gasteiger partial charge on any atom is 0.321 e. The van der Waals surface area contributed by atoms with Crippen LogP contribution in [0.5, 0.6) is 0 Å². The molecule has 4 heteroatoms. The molecule has 1 fully saturated rings. The van der Waals surface area contributed by atoms with Gasteiger partial charge in [0, 0.05) is 18.8 Å². The molecule has 4 nitrogen and oxygen atoms in total. The smallest absolute Gasteiger partial charge is 0.321 e. The quantitative estimate of drug-likeness (QED) is 0.868. The van der Waals surface area contributed by atoms with Crippen LogP contribution in [0.4, 0.5) is 10.5 Å². The molecular weight excluding hydrogens is 322 g/mol. The number of amides is 2. The van der Waals surface area contributed by atoms with Crippen molar-refractivity contribution in [3.8, 4) is 6.07 Å². The van der Waals surface area contributed by atoms with Crippen LogP contribution >= 0.6 is 0 Å². The molecular formula is C22H25N3O. The summed E-state index contributed by atoms with van der Waals surface area (Å²) in [6.45, 7) is 3.73. The lowest BCUT2D eigenvalue weighted by Gasteiger charge is -2.32. The number of nitriles is 1. The van der Waals surface area contributed by atoms with Crippen LogP contribution in [0.25, 0.3) is 0 Å². The van der Waals surface area contributed by atoms with Crippen molar-refractivity contribution in [3.05, 3.63) is 65.2 Å². The van der Waals surface area contributed by atoms with Crippen LogP contribution in [-0.4, -0.2) is 24.0 Å². The fourth-order valence-corrected chi connectivity index (χ4v) is 3.38. The van der Waals surface area contributed by atoms with Crippen molar-refractivity contribution in [1.29, 1.82) is 5.26 Å². The van der Waals surface area contributed by atoms with E-state index in [2.05, 4.69) is 42.6 Å². The lowest BCUT2D eigenvalue weighted by Crippen LogP contribution is -2.41. The van der Waals surface area contributed by atoms with Gasteiger partial charge in [0.15, 0.2) is 0 Å². The number of nitrogens with zero attached hydrogens (tertiary/aromatic N) is 2. The Morgan fingerprint density at radius 1 is 1.12 bits per heavy atom. The van der Waals surface area contributed by atoms with Gasteiger partial charge >= 0.3 is 6.03 Å². The maximum absolute atomic E-state index is 12.4. The lowest BCUT2D eigenvalue weighted by atomic mass is 9.90. The van der Waals surface area contributed by atoms with Crippen molar-refractivity contribution >= 4 is 11.7 Å². The van der Waals surface area contributed by atoms with E-state index in [1.54, 1.807) is 24.3 Å². The Hall–Kier alpha value is -2.80. The molecule has 0 bridgehead atoms. The van der Waals surface area contributed by atoms with Crippen molar-refractivity contribution in [3.63, 3.8) is 0 Å². The fourth-order valence-electron chi connectivity index (χ4n) is 3.38. The van der Waals surface area contributed by atoms with Crippen LogP contribution in [0.15, 0.2) is 48.5 Å². The first-order valence-electron chi connectivity index (χ1n) is 9.25. The summed E-state index contributed by atoms with van der Waals surface area (Å²) in [4.78, 5) is 14.3. The Kier molecular flexibility index (Phi) is 5.91. The average molecular weight is 347 g/mol. The first kappa shape index (κ1) is 18.0. The monoisotopic (exact) mass is 347 g/mol. The van der Waals surface area contributed by atoms with E-state index in [4.69, 9.17) is 5.26 Å². The molecule has 3 rings (SSSR count). The standard InChI is InChI=1S/C22H25N3O/c1-17-2-4-18(5-3-17)6-7-19-12-14-25(15-13-19)22(26)24-21-10-8-20(16-23)9-11-21/h2-5,8-11,19H,6-7,12-15H2,1H3,(H,24,26). The zero-order valence-corrected chi connectivity index (χ0v) is 15.2. The molecule has 1 aliphatic heterocycles. The second kappa shape index (κ2) is 8.53. The topological polar surface area (TPSA) is 56.1 Å². The summed E-state index contributed by atoms with van der Waals surface area (Å²) in [7, 11) is 0. The highest BCUT2D eigenvalue weighted by molar-refractivity contribution is 5.89. The molecule has 1 aliphatic rings. The molecule has 2 aromatic rings. The molecule has 1 saturated heterocycles. The van der Waals surface area contributed by atoms with Crippen LogP contribution in [-0.2, 0) is 6.42 Å². The van der Waals surface area contributed by atoms with E-state index in [9.17, 15) is 4.79 Å². The molecule has 0 aromatic heterocycles. The van der Waals surface area contributed by atoms with Crippen molar-refractivity contribution in [2.45, 2.75) is 32.6 Å². The highest BCUT2D eigenvalue weighted by Gasteiger charge is 2.22. The van der Waals surface area contributed by atoms with E-state index in [-0.39, 0.29) is 6.03 Å². The molecule has 0 saturated carbocycles. The van der Waals surface area contributed by atoms with E-state index in [0.717, 1.165) is 38.0 Å². The largest absolute Gasteiger partial charge is 0.325 e. The van der Waals surface area contributed by atoms with Crippen LogP contribution in [0, 0.1) is 24.2 Å². The molecule has 0 spiro atoms. The van der Waals surface area contributed by atoms with Gasteiger partial charge in [-0.15, -0.1) is 0 Å². The number of benzene rings is 2. The van der Waals surface area contributed by atoms with Crippen LogP contribution in [0.2, 0.25) is 0 Å². The van der Waals surface area contributed by atoms with E-state index < -0.39 is 0 Å². The highest BCUT2D eigenvalue weighted by atomic mass is 16.2. The summed E-state index contributed by atoms with van der Waals surface area (Å²) in [6, 6.07) is 17.8. The molecule has 1 N–H and O–H groups in total. The number of hydrogen-bond acceptors (Lipinski definition) is 2. The molecule has 134 valence electrons. The summed E-state index contributed by atoms with van der Waals surface area (Å²) >= 11 is 0. The summed E-state index contributed by atoms with van der Waals surface area (Å²) in [5.74, 6) is 0.690. The van der Waals surface area contributed by atoms with Gasteiger partial charge in [-0.1, -0.05) is 29.8 Å². The normalized spacial score (nSPS) is 14.7. The second-order valence-electron chi connectivity index (χ2n) is 7.07. The number of rotatable bonds is 4.